The summed E-state index contributed by atoms with van der Waals surface area (Å²) in [5.74, 6) is 2.82. The van der Waals surface area contributed by atoms with Crippen LogP contribution >= 0.6 is 11.8 Å². The number of thioether (sulfide) groups is 1. The molecule has 1 aliphatic heterocycles. The van der Waals surface area contributed by atoms with Crippen molar-refractivity contribution in [2.75, 3.05) is 18.9 Å². The minimum Gasteiger partial charge on any atom is -0.494 e. The number of benzene rings is 1. The van der Waals surface area contributed by atoms with Gasteiger partial charge in [-0.05, 0) is 74.9 Å². The van der Waals surface area contributed by atoms with Crippen LogP contribution < -0.4 is 4.74 Å². The van der Waals surface area contributed by atoms with E-state index < -0.39 is 0 Å². The van der Waals surface area contributed by atoms with E-state index in [2.05, 4.69) is 20.1 Å². The maximum absolute atomic E-state index is 13.3. The Morgan fingerprint density at radius 3 is 2.59 bits per heavy atom. The van der Waals surface area contributed by atoms with Gasteiger partial charge in [-0.2, -0.15) is 0 Å². The second-order valence-corrected chi connectivity index (χ2v) is 9.88. The molecule has 5 rings (SSSR count). The fourth-order valence-corrected chi connectivity index (χ4v) is 6.12. The number of aromatic nitrogens is 4. The quantitative estimate of drug-likeness (QED) is 0.446. The lowest BCUT2D eigenvalue weighted by molar-refractivity contribution is -0.134. The van der Waals surface area contributed by atoms with Gasteiger partial charge in [0.25, 0.3) is 0 Å². The average molecular weight is 478 g/mol. The third kappa shape index (κ3) is 4.82. The van der Waals surface area contributed by atoms with Crippen LogP contribution in [0.25, 0.3) is 17.1 Å². The molecule has 178 valence electrons. The van der Waals surface area contributed by atoms with Gasteiger partial charge in [0.15, 0.2) is 11.0 Å². The SMILES string of the molecule is CCOc1ccc(-n2c(SCC(=O)N3CCC[C@@H]4CCCC[C@@H]43)nnc2-c2ccncc2)cc1. The molecule has 1 saturated carbocycles. The number of carbonyl (C=O) groups is 1. The van der Waals surface area contributed by atoms with Crippen molar-refractivity contribution in [1.82, 2.24) is 24.6 Å². The summed E-state index contributed by atoms with van der Waals surface area (Å²) in [5, 5.41) is 9.68. The highest BCUT2D eigenvalue weighted by Gasteiger charge is 2.35. The molecule has 2 atom stereocenters. The lowest BCUT2D eigenvalue weighted by Crippen LogP contribution is -2.50. The number of carbonyl (C=O) groups excluding carboxylic acids is 1. The Labute approximate surface area is 204 Å². The van der Waals surface area contributed by atoms with Gasteiger partial charge in [-0.25, -0.2) is 0 Å². The van der Waals surface area contributed by atoms with Crippen LogP contribution in [0, 0.1) is 5.92 Å². The van der Waals surface area contributed by atoms with Gasteiger partial charge in [0.2, 0.25) is 5.91 Å². The van der Waals surface area contributed by atoms with Gasteiger partial charge in [-0.15, -0.1) is 10.2 Å². The first-order valence-electron chi connectivity index (χ1n) is 12.3. The Balaban J connectivity index is 1.39. The number of fused-ring (bicyclic) bond motifs is 1. The van der Waals surface area contributed by atoms with E-state index >= 15 is 0 Å². The number of amides is 1. The monoisotopic (exact) mass is 477 g/mol. The average Bonchev–Trinajstić information content (AvgIpc) is 3.32. The summed E-state index contributed by atoms with van der Waals surface area (Å²) in [7, 11) is 0. The molecule has 1 aliphatic carbocycles. The number of hydrogen-bond donors (Lipinski definition) is 0. The standard InChI is InChI=1S/C26H31N5O2S/c1-2-33-22-11-9-21(10-12-22)31-25(20-13-15-27-16-14-20)28-29-26(31)34-18-24(32)30-17-5-7-19-6-3-4-8-23(19)30/h9-16,19,23H,2-8,17-18H2,1H3/t19-,23-/m0/s1. The largest absolute Gasteiger partial charge is 0.494 e. The Hall–Kier alpha value is -2.87. The molecule has 0 bridgehead atoms. The van der Waals surface area contributed by atoms with Crippen molar-refractivity contribution in [2.24, 2.45) is 5.92 Å². The Morgan fingerprint density at radius 2 is 1.79 bits per heavy atom. The highest BCUT2D eigenvalue weighted by molar-refractivity contribution is 7.99. The number of likely N-dealkylation sites (tertiary alicyclic amines) is 1. The molecule has 3 aromatic rings. The first-order valence-corrected chi connectivity index (χ1v) is 13.2. The van der Waals surface area contributed by atoms with Crippen LogP contribution in [0.1, 0.15) is 45.4 Å². The summed E-state index contributed by atoms with van der Waals surface area (Å²) < 4.78 is 7.63. The number of nitrogens with zero attached hydrogens (tertiary/aromatic N) is 5. The van der Waals surface area contributed by atoms with Crippen LogP contribution in [0.3, 0.4) is 0 Å². The maximum Gasteiger partial charge on any atom is 0.233 e. The normalized spacial score (nSPS) is 20.1. The van der Waals surface area contributed by atoms with E-state index in [9.17, 15) is 4.79 Å². The maximum atomic E-state index is 13.3. The van der Waals surface area contributed by atoms with E-state index in [1.807, 2.05) is 47.9 Å². The molecule has 2 aromatic heterocycles. The topological polar surface area (TPSA) is 73.1 Å². The molecule has 1 saturated heterocycles. The second kappa shape index (κ2) is 10.6. The zero-order chi connectivity index (χ0) is 23.3. The third-order valence-electron chi connectivity index (χ3n) is 6.87. The zero-order valence-corrected chi connectivity index (χ0v) is 20.4. The highest BCUT2D eigenvalue weighted by atomic mass is 32.2. The molecular weight excluding hydrogens is 446 g/mol. The second-order valence-electron chi connectivity index (χ2n) is 8.93. The molecule has 3 heterocycles. The van der Waals surface area contributed by atoms with Gasteiger partial charge < -0.3 is 9.64 Å². The van der Waals surface area contributed by atoms with E-state index in [-0.39, 0.29) is 5.91 Å². The van der Waals surface area contributed by atoms with E-state index in [1.54, 1.807) is 12.4 Å². The van der Waals surface area contributed by atoms with Crippen LogP contribution in [-0.4, -0.2) is 55.5 Å². The Bertz CT molecular complexity index is 1100. The molecular formula is C26H31N5O2S. The van der Waals surface area contributed by atoms with Crippen molar-refractivity contribution < 1.29 is 9.53 Å². The number of pyridine rings is 1. The number of rotatable bonds is 7. The van der Waals surface area contributed by atoms with E-state index in [4.69, 9.17) is 4.74 Å². The molecule has 7 nitrogen and oxygen atoms in total. The molecule has 1 aromatic carbocycles. The van der Waals surface area contributed by atoms with Crippen molar-refractivity contribution in [3.63, 3.8) is 0 Å². The van der Waals surface area contributed by atoms with Gasteiger partial charge in [0.05, 0.1) is 12.4 Å². The van der Waals surface area contributed by atoms with Crippen LogP contribution in [0.2, 0.25) is 0 Å². The molecule has 0 unspecified atom stereocenters. The van der Waals surface area contributed by atoms with Gasteiger partial charge in [-0.1, -0.05) is 24.6 Å². The summed E-state index contributed by atoms with van der Waals surface area (Å²) >= 11 is 1.46. The summed E-state index contributed by atoms with van der Waals surface area (Å²) in [6, 6.07) is 12.2. The van der Waals surface area contributed by atoms with Crippen molar-refractivity contribution >= 4 is 17.7 Å². The fraction of sp³-hybridized carbons (Fsp3) is 0.462. The fourth-order valence-electron chi connectivity index (χ4n) is 5.29. The Kier molecular flexibility index (Phi) is 7.13. The first kappa shape index (κ1) is 22.9. The lowest BCUT2D eigenvalue weighted by Gasteiger charge is -2.44. The van der Waals surface area contributed by atoms with Crippen LogP contribution in [0.5, 0.6) is 5.75 Å². The van der Waals surface area contributed by atoms with Gasteiger partial charge in [-0.3, -0.25) is 14.3 Å². The highest BCUT2D eigenvalue weighted by Crippen LogP contribution is 2.36. The summed E-state index contributed by atoms with van der Waals surface area (Å²) in [5.41, 5.74) is 1.86. The number of ether oxygens (including phenoxy) is 1. The minimum atomic E-state index is 0.216. The van der Waals surface area contributed by atoms with Gasteiger partial charge in [0, 0.05) is 36.2 Å². The molecule has 2 fully saturated rings. The molecule has 2 aliphatic rings. The summed E-state index contributed by atoms with van der Waals surface area (Å²) in [6.45, 7) is 3.48. The van der Waals surface area contributed by atoms with Gasteiger partial charge >= 0.3 is 0 Å². The number of piperidine rings is 1. The predicted molar refractivity (Wildman–Crippen MR) is 133 cm³/mol. The van der Waals surface area contributed by atoms with Gasteiger partial charge in [0.1, 0.15) is 5.75 Å². The summed E-state index contributed by atoms with van der Waals surface area (Å²) in [6.07, 6.45) is 10.8. The van der Waals surface area contributed by atoms with Crippen molar-refractivity contribution in [1.29, 1.82) is 0 Å². The zero-order valence-electron chi connectivity index (χ0n) is 19.6. The van der Waals surface area contributed by atoms with Crippen molar-refractivity contribution in [3.8, 4) is 22.8 Å². The molecule has 0 N–H and O–H groups in total. The van der Waals surface area contributed by atoms with E-state index in [1.165, 1.54) is 37.4 Å². The van der Waals surface area contributed by atoms with Crippen molar-refractivity contribution in [3.05, 3.63) is 48.8 Å². The third-order valence-corrected chi connectivity index (χ3v) is 7.78. The van der Waals surface area contributed by atoms with E-state index in [0.717, 1.165) is 42.2 Å². The van der Waals surface area contributed by atoms with Crippen LogP contribution in [0.15, 0.2) is 53.9 Å². The molecule has 0 radical (unpaired) electrons. The van der Waals surface area contributed by atoms with Crippen molar-refractivity contribution in [2.45, 2.75) is 56.6 Å². The summed E-state index contributed by atoms with van der Waals surface area (Å²) in [4.78, 5) is 19.6. The molecule has 1 amide bonds. The molecule has 34 heavy (non-hydrogen) atoms. The first-order chi connectivity index (χ1) is 16.7. The molecule has 0 spiro atoms. The predicted octanol–water partition coefficient (Wildman–Crippen LogP) is 5.00. The minimum absolute atomic E-state index is 0.216. The lowest BCUT2D eigenvalue weighted by atomic mass is 9.78. The molecule has 8 heteroatoms. The van der Waals surface area contributed by atoms with Crippen LogP contribution in [-0.2, 0) is 4.79 Å². The van der Waals surface area contributed by atoms with Crippen LogP contribution in [0.4, 0.5) is 0 Å². The van der Waals surface area contributed by atoms with E-state index in [0.29, 0.717) is 29.5 Å². The number of hydrogen-bond acceptors (Lipinski definition) is 6. The Morgan fingerprint density at radius 1 is 1.03 bits per heavy atom. The smallest absolute Gasteiger partial charge is 0.233 e.